The van der Waals surface area contributed by atoms with E-state index in [-0.39, 0.29) is 6.61 Å². The van der Waals surface area contributed by atoms with Crippen molar-refractivity contribution in [3.63, 3.8) is 0 Å². The molecular formula is C22H29NO4. The molecule has 5 heteroatoms. The Morgan fingerprint density at radius 2 is 1.59 bits per heavy atom. The van der Waals surface area contributed by atoms with Crippen LogP contribution in [0.4, 0.5) is 0 Å². The summed E-state index contributed by atoms with van der Waals surface area (Å²) in [6, 6.07) is 15.7. The summed E-state index contributed by atoms with van der Waals surface area (Å²) in [7, 11) is 1.57. The van der Waals surface area contributed by atoms with Gasteiger partial charge in [0.05, 0.1) is 13.7 Å². The Morgan fingerprint density at radius 3 is 2.15 bits per heavy atom. The van der Waals surface area contributed by atoms with Gasteiger partial charge in [-0.05, 0) is 42.8 Å². The highest BCUT2D eigenvalue weighted by atomic mass is 16.5. The summed E-state index contributed by atoms with van der Waals surface area (Å²) in [4.78, 5) is 15.2. The van der Waals surface area contributed by atoms with E-state index in [1.54, 1.807) is 55.6 Å². The maximum absolute atomic E-state index is 12.9. The largest absolute Gasteiger partial charge is 0.497 e. The predicted molar refractivity (Wildman–Crippen MR) is 106 cm³/mol. The SMILES string of the molecule is CCN(CC)CCCOC(=O)C(O)(c1ccccc1)c1ccc(OC)cc1. The Labute approximate surface area is 161 Å². The molecule has 0 aromatic heterocycles. The third kappa shape index (κ3) is 5.08. The lowest BCUT2D eigenvalue weighted by Gasteiger charge is -2.27. The van der Waals surface area contributed by atoms with Gasteiger partial charge in [0.25, 0.3) is 0 Å². The molecule has 0 aliphatic heterocycles. The number of hydrogen-bond acceptors (Lipinski definition) is 5. The fraction of sp³-hybridized carbons (Fsp3) is 0.409. The number of hydrogen-bond donors (Lipinski definition) is 1. The molecule has 0 amide bonds. The summed E-state index contributed by atoms with van der Waals surface area (Å²) in [6.07, 6.45) is 0.723. The Balaban J connectivity index is 2.18. The molecule has 5 nitrogen and oxygen atoms in total. The minimum absolute atomic E-state index is 0.265. The van der Waals surface area contributed by atoms with Gasteiger partial charge in [-0.2, -0.15) is 0 Å². The Bertz CT molecular complexity index is 698. The van der Waals surface area contributed by atoms with Gasteiger partial charge in [-0.15, -0.1) is 0 Å². The average Bonchev–Trinajstić information content (AvgIpc) is 2.73. The van der Waals surface area contributed by atoms with Crippen molar-refractivity contribution in [2.75, 3.05) is 33.4 Å². The van der Waals surface area contributed by atoms with Crippen molar-refractivity contribution in [1.82, 2.24) is 4.90 Å². The number of aliphatic hydroxyl groups is 1. The Kier molecular flexibility index (Phi) is 7.82. The fourth-order valence-corrected chi connectivity index (χ4v) is 3.01. The third-order valence-corrected chi connectivity index (χ3v) is 4.74. The van der Waals surface area contributed by atoms with Crippen LogP contribution < -0.4 is 4.74 Å². The molecular weight excluding hydrogens is 342 g/mol. The van der Waals surface area contributed by atoms with Crippen LogP contribution in [-0.2, 0) is 15.1 Å². The molecule has 0 saturated carbocycles. The summed E-state index contributed by atoms with van der Waals surface area (Å²) < 4.78 is 10.6. The number of ether oxygens (including phenoxy) is 2. The number of rotatable bonds is 10. The molecule has 1 unspecified atom stereocenters. The van der Waals surface area contributed by atoms with Gasteiger partial charge in [0.15, 0.2) is 0 Å². The van der Waals surface area contributed by atoms with E-state index >= 15 is 0 Å². The number of nitrogens with zero attached hydrogens (tertiary/aromatic N) is 1. The van der Waals surface area contributed by atoms with Crippen LogP contribution in [0.3, 0.4) is 0 Å². The zero-order valence-corrected chi connectivity index (χ0v) is 16.4. The number of benzene rings is 2. The van der Waals surface area contributed by atoms with Crippen molar-refractivity contribution in [2.45, 2.75) is 25.9 Å². The van der Waals surface area contributed by atoms with Crippen LogP contribution in [0, 0.1) is 0 Å². The highest BCUT2D eigenvalue weighted by molar-refractivity contribution is 5.85. The van der Waals surface area contributed by atoms with Crippen molar-refractivity contribution in [2.24, 2.45) is 0 Å². The second kappa shape index (κ2) is 10.1. The molecule has 0 aliphatic rings. The Hall–Kier alpha value is -2.37. The quantitative estimate of drug-likeness (QED) is 0.513. The molecule has 1 N–H and O–H groups in total. The van der Waals surface area contributed by atoms with E-state index in [2.05, 4.69) is 18.7 Å². The zero-order chi connectivity index (χ0) is 19.7. The first-order valence-corrected chi connectivity index (χ1v) is 9.38. The lowest BCUT2D eigenvalue weighted by molar-refractivity contribution is -0.162. The molecule has 1 atom stereocenters. The molecule has 0 saturated heterocycles. The summed E-state index contributed by atoms with van der Waals surface area (Å²) in [5, 5.41) is 11.4. The minimum atomic E-state index is -1.86. The molecule has 2 aromatic rings. The first-order valence-electron chi connectivity index (χ1n) is 9.38. The normalized spacial score (nSPS) is 13.2. The van der Waals surface area contributed by atoms with E-state index < -0.39 is 11.6 Å². The van der Waals surface area contributed by atoms with Gasteiger partial charge < -0.3 is 19.5 Å². The topological polar surface area (TPSA) is 59.0 Å². The predicted octanol–water partition coefficient (Wildman–Crippen LogP) is 3.21. The van der Waals surface area contributed by atoms with E-state index in [1.807, 2.05) is 6.07 Å². The van der Waals surface area contributed by atoms with Crippen molar-refractivity contribution >= 4 is 5.97 Å². The smallest absolute Gasteiger partial charge is 0.347 e. The summed E-state index contributed by atoms with van der Waals surface area (Å²) in [5.74, 6) is -0.0137. The number of carbonyl (C=O) groups excluding carboxylic acids is 1. The van der Waals surface area contributed by atoms with Crippen LogP contribution in [0.15, 0.2) is 54.6 Å². The zero-order valence-electron chi connectivity index (χ0n) is 16.4. The first kappa shape index (κ1) is 20.9. The van der Waals surface area contributed by atoms with Gasteiger partial charge in [-0.25, -0.2) is 4.79 Å². The van der Waals surface area contributed by atoms with E-state index in [0.29, 0.717) is 16.9 Å². The van der Waals surface area contributed by atoms with Gasteiger partial charge >= 0.3 is 5.97 Å². The fourth-order valence-electron chi connectivity index (χ4n) is 3.01. The van der Waals surface area contributed by atoms with Crippen molar-refractivity contribution in [3.8, 4) is 5.75 Å². The molecule has 0 heterocycles. The molecule has 2 aromatic carbocycles. The number of esters is 1. The first-order chi connectivity index (χ1) is 13.1. The lowest BCUT2D eigenvalue weighted by atomic mass is 9.86. The molecule has 0 bridgehead atoms. The second-order valence-electron chi connectivity index (χ2n) is 6.32. The highest BCUT2D eigenvalue weighted by Crippen LogP contribution is 2.32. The van der Waals surface area contributed by atoms with Crippen LogP contribution in [0.1, 0.15) is 31.4 Å². The third-order valence-electron chi connectivity index (χ3n) is 4.74. The van der Waals surface area contributed by atoms with Gasteiger partial charge in [0, 0.05) is 6.54 Å². The molecule has 146 valence electrons. The van der Waals surface area contributed by atoms with E-state index in [4.69, 9.17) is 9.47 Å². The summed E-state index contributed by atoms with van der Waals surface area (Å²) in [6.45, 7) is 7.25. The monoisotopic (exact) mass is 371 g/mol. The van der Waals surface area contributed by atoms with Crippen LogP contribution >= 0.6 is 0 Å². The maximum Gasteiger partial charge on any atom is 0.347 e. The van der Waals surface area contributed by atoms with Gasteiger partial charge in [0.1, 0.15) is 5.75 Å². The van der Waals surface area contributed by atoms with Gasteiger partial charge in [-0.1, -0.05) is 56.3 Å². The Morgan fingerprint density at radius 1 is 1.00 bits per heavy atom. The number of carbonyl (C=O) groups is 1. The molecule has 2 rings (SSSR count). The molecule has 0 fully saturated rings. The second-order valence-corrected chi connectivity index (χ2v) is 6.32. The maximum atomic E-state index is 12.9. The summed E-state index contributed by atoms with van der Waals surface area (Å²) >= 11 is 0. The van der Waals surface area contributed by atoms with Crippen molar-refractivity contribution in [1.29, 1.82) is 0 Å². The standard InChI is InChI=1S/C22H29NO4/c1-4-23(5-2)16-9-17-27-21(24)22(25,18-10-7-6-8-11-18)19-12-14-20(26-3)15-13-19/h6-8,10-15,25H,4-5,9,16-17H2,1-3H3. The van der Waals surface area contributed by atoms with Crippen molar-refractivity contribution in [3.05, 3.63) is 65.7 Å². The van der Waals surface area contributed by atoms with Gasteiger partial charge in [-0.3, -0.25) is 0 Å². The molecule has 0 aliphatic carbocycles. The summed E-state index contributed by atoms with van der Waals surface area (Å²) in [5.41, 5.74) is -0.935. The molecule has 0 radical (unpaired) electrons. The highest BCUT2D eigenvalue weighted by Gasteiger charge is 2.41. The molecule has 0 spiro atoms. The van der Waals surface area contributed by atoms with Crippen LogP contribution in [0.5, 0.6) is 5.75 Å². The lowest BCUT2D eigenvalue weighted by Crippen LogP contribution is -2.39. The van der Waals surface area contributed by atoms with E-state index in [9.17, 15) is 9.90 Å². The average molecular weight is 371 g/mol. The number of methoxy groups -OCH3 is 1. The van der Waals surface area contributed by atoms with E-state index in [0.717, 1.165) is 26.1 Å². The van der Waals surface area contributed by atoms with Crippen LogP contribution in [0.2, 0.25) is 0 Å². The van der Waals surface area contributed by atoms with Gasteiger partial charge in [0.2, 0.25) is 5.60 Å². The van der Waals surface area contributed by atoms with Crippen LogP contribution in [-0.4, -0.2) is 49.3 Å². The molecule has 27 heavy (non-hydrogen) atoms. The minimum Gasteiger partial charge on any atom is -0.497 e. The van der Waals surface area contributed by atoms with Crippen molar-refractivity contribution < 1.29 is 19.4 Å². The van der Waals surface area contributed by atoms with Crippen LogP contribution in [0.25, 0.3) is 0 Å². The van der Waals surface area contributed by atoms with E-state index in [1.165, 1.54) is 0 Å².